The van der Waals surface area contributed by atoms with Gasteiger partial charge in [0, 0.05) is 23.5 Å². The summed E-state index contributed by atoms with van der Waals surface area (Å²) in [5, 5.41) is 13.4. The maximum absolute atomic E-state index is 10.1. The molecule has 0 spiro atoms. The molecule has 6 nitrogen and oxygen atoms in total. The topological polar surface area (TPSA) is 86.2 Å². The van der Waals surface area contributed by atoms with Gasteiger partial charge in [-0.25, -0.2) is 9.98 Å². The van der Waals surface area contributed by atoms with Crippen LogP contribution in [-0.2, 0) is 0 Å². The maximum Gasteiger partial charge on any atom is 0.238 e. The molecule has 0 aliphatic carbocycles. The normalized spacial score (nSPS) is 14.2. The lowest BCUT2D eigenvalue weighted by Gasteiger charge is -2.12. The first-order valence-corrected chi connectivity index (χ1v) is 8.02. The number of nitrogens with one attached hydrogen (secondary N) is 2. The zero-order chi connectivity index (χ0) is 17.2. The number of nitrogens with zero attached hydrogens (tertiary/aromatic N) is 3. The van der Waals surface area contributed by atoms with Crippen molar-refractivity contribution in [3.63, 3.8) is 0 Å². The van der Waals surface area contributed by atoms with Crippen LogP contribution in [0.1, 0.15) is 29.8 Å². The minimum atomic E-state index is -0.0546. The highest BCUT2D eigenvalue weighted by molar-refractivity contribution is 6.20. The number of hydrogen-bond acceptors (Lipinski definition) is 5. The number of anilines is 1. The van der Waals surface area contributed by atoms with E-state index in [-0.39, 0.29) is 36.7 Å². The molecule has 1 aromatic carbocycles. The molecule has 4 rings (SSSR count). The van der Waals surface area contributed by atoms with Crippen molar-refractivity contribution in [2.75, 3.05) is 5.32 Å². The number of aromatic nitrogens is 3. The number of fused-ring (bicyclic) bond motifs is 1. The third-order valence-corrected chi connectivity index (χ3v) is 4.09. The van der Waals surface area contributed by atoms with E-state index in [9.17, 15) is 5.11 Å². The molecule has 3 heterocycles. The third-order valence-electron chi connectivity index (χ3n) is 4.09. The third kappa shape index (κ3) is 4.30. The lowest BCUT2D eigenvalue weighted by atomic mass is 10.1. The summed E-state index contributed by atoms with van der Waals surface area (Å²) < 4.78 is 0. The molecule has 2 aromatic heterocycles. The Kier molecular flexibility index (Phi) is 6.60. The van der Waals surface area contributed by atoms with Crippen LogP contribution < -0.4 is 5.32 Å². The van der Waals surface area contributed by atoms with Crippen molar-refractivity contribution in [2.45, 2.75) is 13.0 Å². The number of rotatable bonds is 4. The summed E-state index contributed by atoms with van der Waals surface area (Å²) in [6.45, 7) is 2.04. The van der Waals surface area contributed by atoms with Gasteiger partial charge >= 0.3 is 0 Å². The van der Waals surface area contributed by atoms with Crippen molar-refractivity contribution in [2.24, 2.45) is 4.99 Å². The first kappa shape index (κ1) is 20.5. The van der Waals surface area contributed by atoms with Crippen molar-refractivity contribution >= 4 is 54.4 Å². The van der Waals surface area contributed by atoms with E-state index in [1.165, 1.54) is 0 Å². The van der Waals surface area contributed by atoms with Crippen LogP contribution in [0.15, 0.2) is 53.7 Å². The highest BCUT2D eigenvalue weighted by atomic mass is 35.5. The van der Waals surface area contributed by atoms with Gasteiger partial charge in [0.05, 0.1) is 6.04 Å². The van der Waals surface area contributed by atoms with Crippen LogP contribution in [0.25, 0.3) is 11.6 Å². The van der Waals surface area contributed by atoms with Crippen LogP contribution in [0.3, 0.4) is 0 Å². The average Bonchev–Trinajstić information content (AvgIpc) is 3.20. The van der Waals surface area contributed by atoms with Crippen LogP contribution in [0, 0.1) is 0 Å². The summed E-state index contributed by atoms with van der Waals surface area (Å²) in [6, 6.07) is 13.9. The molecule has 1 atom stereocenters. The van der Waals surface area contributed by atoms with Crippen molar-refractivity contribution in [3.05, 3.63) is 65.5 Å². The molecule has 1 aliphatic heterocycles. The van der Waals surface area contributed by atoms with Gasteiger partial charge in [0.1, 0.15) is 5.69 Å². The Balaban J connectivity index is 0.00000131. The first-order valence-electron chi connectivity index (χ1n) is 8.02. The van der Waals surface area contributed by atoms with E-state index in [4.69, 9.17) is 0 Å². The molecule has 0 bridgehead atoms. The number of allylic oxidation sites excluding steroid dienone is 1. The monoisotopic (exact) mass is 403 g/mol. The lowest BCUT2D eigenvalue weighted by Crippen LogP contribution is -2.07. The Bertz CT molecular complexity index is 969. The second kappa shape index (κ2) is 8.70. The summed E-state index contributed by atoms with van der Waals surface area (Å²) >= 11 is 0. The van der Waals surface area contributed by atoms with Crippen LogP contribution >= 0.6 is 24.8 Å². The minimum Gasteiger partial charge on any atom is -0.492 e. The lowest BCUT2D eigenvalue weighted by molar-refractivity contribution is 0.455. The van der Waals surface area contributed by atoms with E-state index < -0.39 is 0 Å². The van der Waals surface area contributed by atoms with Gasteiger partial charge in [0.2, 0.25) is 11.8 Å². The fraction of sp³-hybridized carbons (Fsp3) is 0.105. The quantitative estimate of drug-likeness (QED) is 0.584. The SMILES string of the molecule is CC(Nc1nc(O)c(C=C2C=Nc3ncccc32)[nH]1)c1ccccc1.Cl.Cl. The van der Waals surface area contributed by atoms with Gasteiger partial charge < -0.3 is 15.4 Å². The van der Waals surface area contributed by atoms with Gasteiger partial charge in [0.25, 0.3) is 0 Å². The van der Waals surface area contributed by atoms with Gasteiger partial charge in [-0.1, -0.05) is 30.3 Å². The van der Waals surface area contributed by atoms with Crippen LogP contribution in [0.5, 0.6) is 5.88 Å². The fourth-order valence-corrected chi connectivity index (χ4v) is 2.77. The average molecular weight is 404 g/mol. The Hall–Kier alpha value is -2.83. The zero-order valence-corrected chi connectivity index (χ0v) is 16.1. The second-order valence-corrected chi connectivity index (χ2v) is 5.83. The summed E-state index contributed by atoms with van der Waals surface area (Å²) in [4.78, 5) is 15.7. The van der Waals surface area contributed by atoms with E-state index in [0.29, 0.717) is 17.5 Å². The molecule has 8 heteroatoms. The van der Waals surface area contributed by atoms with Gasteiger partial charge in [0.15, 0.2) is 5.82 Å². The number of aliphatic imine (C=N–C) groups is 1. The van der Waals surface area contributed by atoms with E-state index in [0.717, 1.165) is 16.7 Å². The Morgan fingerprint density at radius 2 is 1.89 bits per heavy atom. The van der Waals surface area contributed by atoms with Gasteiger partial charge in [-0.05, 0) is 30.7 Å². The smallest absolute Gasteiger partial charge is 0.238 e. The summed E-state index contributed by atoms with van der Waals surface area (Å²) in [6.07, 6.45) is 5.26. The van der Waals surface area contributed by atoms with Crippen molar-refractivity contribution < 1.29 is 5.11 Å². The number of aromatic amines is 1. The second-order valence-electron chi connectivity index (χ2n) is 5.83. The number of hydrogen-bond donors (Lipinski definition) is 3. The maximum atomic E-state index is 10.1. The number of benzene rings is 1. The first-order chi connectivity index (χ1) is 12.2. The molecule has 140 valence electrons. The fourth-order valence-electron chi connectivity index (χ4n) is 2.77. The molecule has 1 aliphatic rings. The molecule has 0 saturated heterocycles. The van der Waals surface area contributed by atoms with Gasteiger partial charge in [-0.2, -0.15) is 4.98 Å². The largest absolute Gasteiger partial charge is 0.492 e. The van der Waals surface area contributed by atoms with E-state index in [1.54, 1.807) is 12.4 Å². The standard InChI is InChI=1S/C19H17N5O.2ClH/c1-12(13-6-3-2-4-7-13)22-19-23-16(18(25)24-19)10-14-11-21-17-15(14)8-5-9-20-17;;/h2-12,25H,1H3,(H2,22,23,24);2*1H. The highest BCUT2D eigenvalue weighted by Crippen LogP contribution is 2.31. The van der Waals surface area contributed by atoms with E-state index >= 15 is 0 Å². The molecule has 3 aromatic rings. The summed E-state index contributed by atoms with van der Waals surface area (Å²) in [5.41, 5.74) is 3.48. The molecular formula is C19H19Cl2N5O. The number of H-pyrrole nitrogens is 1. The number of pyridine rings is 1. The number of imidazole rings is 1. The summed E-state index contributed by atoms with van der Waals surface area (Å²) in [5.74, 6) is 1.15. The Morgan fingerprint density at radius 3 is 2.67 bits per heavy atom. The zero-order valence-electron chi connectivity index (χ0n) is 14.5. The van der Waals surface area contributed by atoms with E-state index in [1.807, 2.05) is 55.5 Å². The molecule has 3 N–H and O–H groups in total. The highest BCUT2D eigenvalue weighted by Gasteiger charge is 2.15. The summed E-state index contributed by atoms with van der Waals surface area (Å²) in [7, 11) is 0. The van der Waals surface area contributed by atoms with Crippen molar-refractivity contribution in [3.8, 4) is 5.88 Å². The van der Waals surface area contributed by atoms with Gasteiger partial charge in [-0.3, -0.25) is 0 Å². The molecule has 27 heavy (non-hydrogen) atoms. The number of aromatic hydroxyl groups is 1. The molecular weight excluding hydrogens is 385 g/mol. The molecule has 0 radical (unpaired) electrons. The molecule has 1 unspecified atom stereocenters. The number of halogens is 2. The van der Waals surface area contributed by atoms with Crippen molar-refractivity contribution in [1.82, 2.24) is 15.0 Å². The van der Waals surface area contributed by atoms with E-state index in [2.05, 4.69) is 25.3 Å². The predicted molar refractivity (Wildman–Crippen MR) is 113 cm³/mol. The molecule has 0 saturated carbocycles. The Morgan fingerprint density at radius 1 is 1.11 bits per heavy atom. The Labute approximate surface area is 169 Å². The van der Waals surface area contributed by atoms with Crippen LogP contribution in [0.2, 0.25) is 0 Å². The van der Waals surface area contributed by atoms with Crippen LogP contribution in [-0.4, -0.2) is 26.3 Å². The molecule has 0 fully saturated rings. The molecule has 0 amide bonds. The van der Waals surface area contributed by atoms with Crippen LogP contribution in [0.4, 0.5) is 11.8 Å². The van der Waals surface area contributed by atoms with Crippen molar-refractivity contribution in [1.29, 1.82) is 0 Å². The minimum absolute atomic E-state index is 0. The predicted octanol–water partition coefficient (Wildman–Crippen LogP) is 4.78. The van der Waals surface area contributed by atoms with Gasteiger partial charge in [-0.15, -0.1) is 24.8 Å².